The number of aliphatic hydroxyl groups is 2. The number of carboxylic acids is 1. The zero-order valence-electron chi connectivity index (χ0n) is 21.6. The molecule has 1 aromatic carbocycles. The maximum absolute atomic E-state index is 12.9. The second-order valence-electron chi connectivity index (χ2n) is 9.00. The van der Waals surface area contributed by atoms with Crippen molar-refractivity contribution in [2.75, 3.05) is 13.2 Å². The van der Waals surface area contributed by atoms with Crippen molar-refractivity contribution >= 4 is 41.4 Å². The number of benzene rings is 1. The molecular formula is C24H31N5O11. The number of imide groups is 1. The fourth-order valence-corrected chi connectivity index (χ4v) is 3.83. The van der Waals surface area contributed by atoms with E-state index in [1.807, 2.05) is 0 Å². The Morgan fingerprint density at radius 1 is 0.925 bits per heavy atom. The molecule has 2 rings (SSSR count). The third-order valence-corrected chi connectivity index (χ3v) is 5.91. The highest BCUT2D eigenvalue weighted by molar-refractivity contribution is 6.10. The standard InChI is InChI=1S/C24H31N5O11/c1-11(25-22(37)18(10-31)29-19(34)8-16(23(29)38)26-12(2)32)20(35)27-15(7-13-3-5-14(33)6-4-13)21(36)28-17(9-30)24(39)40/h3-6,11,15-18,30-31,33H,7-10H2,1-2H3,(H,25,37)(H,26,32)(H,27,35)(H,28,36)(H,39,40)/t11-,15-,16-,17-,18-/m0/s1. The van der Waals surface area contributed by atoms with Crippen LogP contribution in [0.5, 0.6) is 5.75 Å². The van der Waals surface area contributed by atoms with Crippen LogP contribution in [0.1, 0.15) is 25.8 Å². The van der Waals surface area contributed by atoms with Gasteiger partial charge in [-0.2, -0.15) is 0 Å². The summed E-state index contributed by atoms with van der Waals surface area (Å²) in [6.45, 7) is 0.456. The number of carboxylic acid groups (broad SMARTS) is 1. The summed E-state index contributed by atoms with van der Waals surface area (Å²) in [6.07, 6.45) is -0.589. The Kier molecular flexibility index (Phi) is 11.1. The SMILES string of the molecule is CC(=O)N[C@H]1CC(=O)N([C@@H](CO)C(=O)N[C@@H](C)C(=O)N[C@@H](Cc2ccc(O)cc2)C(=O)N[C@@H](CO)C(=O)O)C1=O. The van der Waals surface area contributed by atoms with Gasteiger partial charge >= 0.3 is 5.97 Å². The van der Waals surface area contributed by atoms with Gasteiger partial charge in [-0.15, -0.1) is 0 Å². The number of carbonyl (C=O) groups is 7. The molecule has 6 amide bonds. The number of aliphatic hydroxyl groups excluding tert-OH is 2. The topological polar surface area (TPSA) is 252 Å². The molecule has 0 bridgehead atoms. The third kappa shape index (κ3) is 8.21. The minimum absolute atomic E-state index is 0.0619. The number of hydrogen-bond donors (Lipinski definition) is 8. The minimum Gasteiger partial charge on any atom is -0.508 e. The van der Waals surface area contributed by atoms with Crippen LogP contribution in [0.25, 0.3) is 0 Å². The van der Waals surface area contributed by atoms with Crippen LogP contribution in [0.2, 0.25) is 0 Å². The van der Waals surface area contributed by atoms with Gasteiger partial charge in [0.2, 0.25) is 29.5 Å². The molecule has 1 aliphatic rings. The number of aromatic hydroxyl groups is 1. The number of likely N-dealkylation sites (tertiary alicyclic amines) is 1. The highest BCUT2D eigenvalue weighted by Crippen LogP contribution is 2.17. The summed E-state index contributed by atoms with van der Waals surface area (Å²) in [7, 11) is 0. The Balaban J connectivity index is 2.15. The van der Waals surface area contributed by atoms with Gasteiger partial charge in [0.15, 0.2) is 0 Å². The molecule has 0 spiro atoms. The van der Waals surface area contributed by atoms with Crippen molar-refractivity contribution in [2.24, 2.45) is 0 Å². The number of carbonyl (C=O) groups excluding carboxylic acids is 6. The number of nitrogens with zero attached hydrogens (tertiary/aromatic N) is 1. The van der Waals surface area contributed by atoms with E-state index in [4.69, 9.17) is 5.11 Å². The zero-order valence-corrected chi connectivity index (χ0v) is 21.6. The van der Waals surface area contributed by atoms with Crippen LogP contribution >= 0.6 is 0 Å². The average molecular weight is 566 g/mol. The molecule has 1 saturated heterocycles. The van der Waals surface area contributed by atoms with Gasteiger partial charge in [0.05, 0.1) is 19.6 Å². The van der Waals surface area contributed by atoms with Crippen molar-refractivity contribution in [2.45, 2.75) is 56.9 Å². The molecule has 0 saturated carbocycles. The van der Waals surface area contributed by atoms with E-state index in [1.54, 1.807) is 0 Å². The van der Waals surface area contributed by atoms with Crippen LogP contribution in [0.15, 0.2) is 24.3 Å². The molecule has 0 aliphatic carbocycles. The highest BCUT2D eigenvalue weighted by Gasteiger charge is 2.45. The summed E-state index contributed by atoms with van der Waals surface area (Å²) in [5.41, 5.74) is 0.464. The maximum atomic E-state index is 12.9. The van der Waals surface area contributed by atoms with E-state index in [0.29, 0.717) is 10.5 Å². The fraction of sp³-hybridized carbons (Fsp3) is 0.458. The average Bonchev–Trinajstić information content (AvgIpc) is 3.15. The van der Waals surface area contributed by atoms with Crippen molar-refractivity contribution in [1.82, 2.24) is 26.2 Å². The van der Waals surface area contributed by atoms with Gasteiger partial charge in [0, 0.05) is 13.3 Å². The van der Waals surface area contributed by atoms with Crippen LogP contribution in [0.3, 0.4) is 0 Å². The summed E-state index contributed by atoms with van der Waals surface area (Å²) in [5.74, 6) is -6.85. The first-order valence-electron chi connectivity index (χ1n) is 12.1. The Hall–Kier alpha value is -4.57. The van der Waals surface area contributed by atoms with Crippen LogP contribution in [-0.2, 0) is 40.0 Å². The van der Waals surface area contributed by atoms with E-state index in [2.05, 4.69) is 21.3 Å². The molecule has 0 aromatic heterocycles. The van der Waals surface area contributed by atoms with Gasteiger partial charge < -0.3 is 41.7 Å². The number of rotatable bonds is 13. The lowest BCUT2D eigenvalue weighted by Crippen LogP contribution is -2.59. The third-order valence-electron chi connectivity index (χ3n) is 5.91. The number of hydrogen-bond acceptors (Lipinski definition) is 10. The molecule has 218 valence electrons. The highest BCUT2D eigenvalue weighted by atomic mass is 16.4. The molecule has 8 N–H and O–H groups in total. The lowest BCUT2D eigenvalue weighted by molar-refractivity contribution is -0.149. The molecule has 0 radical (unpaired) electrons. The predicted octanol–water partition coefficient (Wildman–Crippen LogP) is -3.89. The summed E-state index contributed by atoms with van der Waals surface area (Å²) >= 11 is 0. The van der Waals surface area contributed by atoms with Gasteiger partial charge in [-0.3, -0.25) is 33.7 Å². The van der Waals surface area contributed by atoms with Gasteiger partial charge in [0.1, 0.15) is 36.0 Å². The van der Waals surface area contributed by atoms with Crippen LogP contribution in [-0.4, -0.2) is 110 Å². The van der Waals surface area contributed by atoms with E-state index in [0.717, 1.165) is 6.92 Å². The molecular weight excluding hydrogens is 534 g/mol. The van der Waals surface area contributed by atoms with E-state index in [9.17, 15) is 48.9 Å². The van der Waals surface area contributed by atoms with Crippen LogP contribution in [0.4, 0.5) is 0 Å². The number of nitrogens with one attached hydrogen (secondary N) is 4. The molecule has 5 atom stereocenters. The normalized spacial score (nSPS) is 17.8. The summed E-state index contributed by atoms with van der Waals surface area (Å²) in [4.78, 5) is 86.4. The first-order chi connectivity index (χ1) is 18.8. The second-order valence-corrected chi connectivity index (χ2v) is 9.00. The van der Waals surface area contributed by atoms with Crippen molar-refractivity contribution < 1.29 is 54.0 Å². The Morgan fingerprint density at radius 3 is 2.05 bits per heavy atom. The zero-order chi connectivity index (χ0) is 30.1. The number of phenols is 1. The Labute approximate surface area is 227 Å². The molecule has 1 heterocycles. The summed E-state index contributed by atoms with van der Waals surface area (Å²) in [6, 6.07) is -1.76. The molecule has 1 aromatic rings. The first kappa shape index (κ1) is 31.6. The Morgan fingerprint density at radius 2 is 1.52 bits per heavy atom. The molecule has 1 fully saturated rings. The quantitative estimate of drug-likeness (QED) is 0.107. The van der Waals surface area contributed by atoms with Crippen molar-refractivity contribution in [3.05, 3.63) is 29.8 Å². The maximum Gasteiger partial charge on any atom is 0.328 e. The van der Waals surface area contributed by atoms with E-state index in [1.165, 1.54) is 31.2 Å². The number of amides is 6. The first-order valence-corrected chi connectivity index (χ1v) is 12.1. The molecule has 1 aliphatic heterocycles. The number of phenolic OH excluding ortho intramolecular Hbond substituents is 1. The van der Waals surface area contributed by atoms with Crippen molar-refractivity contribution in [3.63, 3.8) is 0 Å². The summed E-state index contributed by atoms with van der Waals surface area (Å²) < 4.78 is 0. The van der Waals surface area contributed by atoms with E-state index < -0.39 is 91.3 Å². The van der Waals surface area contributed by atoms with Gasteiger partial charge in [-0.25, -0.2) is 4.79 Å². The lowest BCUT2D eigenvalue weighted by atomic mass is 10.0. The largest absolute Gasteiger partial charge is 0.508 e. The van der Waals surface area contributed by atoms with Gasteiger partial charge in [-0.1, -0.05) is 12.1 Å². The lowest BCUT2D eigenvalue weighted by Gasteiger charge is -2.26. The fourth-order valence-electron chi connectivity index (χ4n) is 3.83. The molecule has 0 unspecified atom stereocenters. The molecule has 16 nitrogen and oxygen atoms in total. The molecule has 16 heteroatoms. The molecule has 40 heavy (non-hydrogen) atoms. The minimum atomic E-state index is -1.70. The van der Waals surface area contributed by atoms with E-state index >= 15 is 0 Å². The second kappa shape index (κ2) is 14.0. The van der Waals surface area contributed by atoms with Gasteiger partial charge in [0.25, 0.3) is 5.91 Å². The van der Waals surface area contributed by atoms with Crippen molar-refractivity contribution in [3.8, 4) is 5.75 Å². The smallest absolute Gasteiger partial charge is 0.328 e. The van der Waals surface area contributed by atoms with Gasteiger partial charge in [-0.05, 0) is 24.6 Å². The van der Waals surface area contributed by atoms with Crippen molar-refractivity contribution in [1.29, 1.82) is 0 Å². The van der Waals surface area contributed by atoms with E-state index in [-0.39, 0.29) is 12.2 Å². The summed E-state index contributed by atoms with van der Waals surface area (Å²) in [5, 5.41) is 46.5. The predicted molar refractivity (Wildman–Crippen MR) is 133 cm³/mol. The monoisotopic (exact) mass is 565 g/mol. The Bertz CT molecular complexity index is 1160. The van der Waals surface area contributed by atoms with Crippen LogP contribution in [0, 0.1) is 0 Å². The number of aliphatic carboxylic acids is 1. The van der Waals surface area contributed by atoms with Crippen LogP contribution < -0.4 is 21.3 Å².